The highest BCUT2D eigenvalue weighted by Gasteiger charge is 2.30. The lowest BCUT2D eigenvalue weighted by atomic mass is 10.0. The number of anilines is 1. The number of carbonyl (C=O) groups excluding carboxylic acids is 1. The van der Waals surface area contributed by atoms with Crippen molar-refractivity contribution in [2.24, 2.45) is 0 Å². The van der Waals surface area contributed by atoms with E-state index in [2.05, 4.69) is 5.32 Å². The maximum Gasteiger partial charge on any atom is 0.273 e. The van der Waals surface area contributed by atoms with Gasteiger partial charge >= 0.3 is 0 Å². The van der Waals surface area contributed by atoms with Crippen LogP contribution in [0.4, 0.5) is 11.4 Å². The predicted octanol–water partition coefficient (Wildman–Crippen LogP) is 1.32. The van der Waals surface area contributed by atoms with Crippen LogP contribution in [0.25, 0.3) is 0 Å². The van der Waals surface area contributed by atoms with E-state index in [-0.39, 0.29) is 17.6 Å². The number of nitro groups is 1. The number of rotatable bonds is 4. The molecular formula is C13H17N3O4. The lowest BCUT2D eigenvalue weighted by Gasteiger charge is -2.32. The van der Waals surface area contributed by atoms with Crippen molar-refractivity contribution in [3.05, 3.63) is 28.3 Å². The van der Waals surface area contributed by atoms with Crippen molar-refractivity contribution in [3.8, 4) is 5.75 Å². The van der Waals surface area contributed by atoms with E-state index in [0.29, 0.717) is 18.0 Å². The van der Waals surface area contributed by atoms with Crippen molar-refractivity contribution in [3.63, 3.8) is 0 Å². The van der Waals surface area contributed by atoms with Crippen LogP contribution in [-0.2, 0) is 4.79 Å². The van der Waals surface area contributed by atoms with Crippen LogP contribution in [0.15, 0.2) is 18.2 Å². The Balaban J connectivity index is 2.36. The fraction of sp³-hybridized carbons (Fsp3) is 0.462. The fourth-order valence-electron chi connectivity index (χ4n) is 2.39. The molecule has 1 N–H and O–H groups in total. The van der Waals surface area contributed by atoms with Crippen LogP contribution in [0, 0.1) is 10.1 Å². The molecule has 1 heterocycles. The molecule has 0 aliphatic carbocycles. The summed E-state index contributed by atoms with van der Waals surface area (Å²) < 4.78 is 5.19. The van der Waals surface area contributed by atoms with Crippen LogP contribution >= 0.6 is 0 Å². The van der Waals surface area contributed by atoms with Crippen LogP contribution in [0.3, 0.4) is 0 Å². The maximum atomic E-state index is 12.3. The molecule has 2 rings (SSSR count). The van der Waals surface area contributed by atoms with E-state index in [1.54, 1.807) is 18.0 Å². The second kappa shape index (κ2) is 5.87. The first-order valence-electron chi connectivity index (χ1n) is 6.39. The number of likely N-dealkylation sites (N-methyl/N-ethyl adjacent to an activating group) is 1. The van der Waals surface area contributed by atoms with Crippen molar-refractivity contribution in [1.29, 1.82) is 0 Å². The zero-order chi connectivity index (χ0) is 14.7. The molecule has 1 aliphatic rings. The third kappa shape index (κ3) is 2.57. The highest BCUT2D eigenvalue weighted by Crippen LogP contribution is 2.34. The van der Waals surface area contributed by atoms with Crippen LogP contribution in [0.2, 0.25) is 0 Å². The Labute approximate surface area is 116 Å². The molecular weight excluding hydrogens is 262 g/mol. The van der Waals surface area contributed by atoms with Crippen LogP contribution in [0.1, 0.15) is 12.8 Å². The minimum atomic E-state index is -0.485. The quantitative estimate of drug-likeness (QED) is 0.663. The summed E-state index contributed by atoms with van der Waals surface area (Å²) in [5.41, 5.74) is 0.517. The van der Waals surface area contributed by atoms with E-state index in [1.165, 1.54) is 19.2 Å². The van der Waals surface area contributed by atoms with Gasteiger partial charge < -0.3 is 15.0 Å². The number of non-ortho nitro benzene ring substituents is 1. The lowest BCUT2D eigenvalue weighted by Crippen LogP contribution is -2.49. The number of nitro benzene ring substituents is 1. The van der Waals surface area contributed by atoms with E-state index in [9.17, 15) is 14.9 Å². The molecule has 108 valence electrons. The second-order valence-corrected chi connectivity index (χ2v) is 4.59. The van der Waals surface area contributed by atoms with Gasteiger partial charge in [0.1, 0.15) is 5.75 Å². The molecule has 1 aromatic rings. The van der Waals surface area contributed by atoms with Crippen molar-refractivity contribution < 1.29 is 14.5 Å². The summed E-state index contributed by atoms with van der Waals surface area (Å²) in [6.07, 6.45) is 1.67. The van der Waals surface area contributed by atoms with Crippen molar-refractivity contribution >= 4 is 17.3 Å². The molecule has 1 fully saturated rings. The average Bonchev–Trinajstić information content (AvgIpc) is 2.47. The van der Waals surface area contributed by atoms with Gasteiger partial charge in [0.2, 0.25) is 5.91 Å². The van der Waals surface area contributed by atoms with Gasteiger partial charge in [-0.25, -0.2) is 0 Å². The first-order valence-corrected chi connectivity index (χ1v) is 6.39. The summed E-state index contributed by atoms with van der Waals surface area (Å²) in [7, 11) is 3.19. The zero-order valence-corrected chi connectivity index (χ0v) is 11.5. The maximum absolute atomic E-state index is 12.3. The molecule has 1 aliphatic heterocycles. The Hall–Kier alpha value is -2.15. The number of hydrogen-bond acceptors (Lipinski definition) is 5. The van der Waals surface area contributed by atoms with Gasteiger partial charge in [0, 0.05) is 12.6 Å². The summed E-state index contributed by atoms with van der Waals surface area (Å²) in [6.45, 7) is 0.588. The van der Waals surface area contributed by atoms with Crippen LogP contribution in [0.5, 0.6) is 5.75 Å². The van der Waals surface area contributed by atoms with Crippen molar-refractivity contribution in [2.75, 3.05) is 25.6 Å². The average molecular weight is 279 g/mol. The Morgan fingerprint density at radius 3 is 2.85 bits per heavy atom. The predicted molar refractivity (Wildman–Crippen MR) is 74.1 cm³/mol. The first-order chi connectivity index (χ1) is 9.58. The number of nitrogens with one attached hydrogen (secondary N) is 1. The largest absolute Gasteiger partial charge is 0.494 e. The number of benzene rings is 1. The molecule has 1 saturated heterocycles. The molecule has 1 aromatic carbocycles. The van der Waals surface area contributed by atoms with Crippen molar-refractivity contribution in [2.45, 2.75) is 18.9 Å². The molecule has 0 bridgehead atoms. The second-order valence-electron chi connectivity index (χ2n) is 4.59. The van der Waals surface area contributed by atoms with E-state index < -0.39 is 4.92 Å². The SMILES string of the molecule is CNC1CCCN(c2ccc([N+](=O)[O-])cc2OC)C1=O. The molecule has 0 aromatic heterocycles. The molecule has 7 heteroatoms. The fourth-order valence-corrected chi connectivity index (χ4v) is 2.39. The van der Waals surface area contributed by atoms with Gasteiger partial charge in [-0.15, -0.1) is 0 Å². The number of nitrogens with zero attached hydrogens (tertiary/aromatic N) is 2. The molecule has 0 spiro atoms. The highest BCUT2D eigenvalue weighted by atomic mass is 16.6. The third-order valence-corrected chi connectivity index (χ3v) is 3.45. The van der Waals surface area contributed by atoms with E-state index >= 15 is 0 Å². The van der Waals surface area contributed by atoms with E-state index in [1.807, 2.05) is 0 Å². The minimum Gasteiger partial charge on any atom is -0.494 e. The van der Waals surface area contributed by atoms with Gasteiger partial charge in [0.05, 0.1) is 29.8 Å². The summed E-state index contributed by atoms with van der Waals surface area (Å²) in [5.74, 6) is 0.301. The van der Waals surface area contributed by atoms with Crippen molar-refractivity contribution in [1.82, 2.24) is 5.32 Å². The van der Waals surface area contributed by atoms with Crippen LogP contribution in [-0.4, -0.2) is 37.6 Å². The Kier molecular flexibility index (Phi) is 4.19. The lowest BCUT2D eigenvalue weighted by molar-refractivity contribution is -0.384. The minimum absolute atomic E-state index is 0.0362. The van der Waals surface area contributed by atoms with E-state index in [0.717, 1.165) is 12.8 Å². The molecule has 1 unspecified atom stereocenters. The monoisotopic (exact) mass is 279 g/mol. The normalized spacial score (nSPS) is 19.0. The summed E-state index contributed by atoms with van der Waals surface area (Å²) >= 11 is 0. The topological polar surface area (TPSA) is 84.7 Å². The Morgan fingerprint density at radius 2 is 2.25 bits per heavy atom. The number of ether oxygens (including phenoxy) is 1. The third-order valence-electron chi connectivity index (χ3n) is 3.45. The molecule has 0 saturated carbocycles. The number of amides is 1. The first kappa shape index (κ1) is 14.3. The van der Waals surface area contributed by atoms with Gasteiger partial charge in [-0.05, 0) is 26.0 Å². The highest BCUT2D eigenvalue weighted by molar-refractivity contribution is 5.99. The molecule has 20 heavy (non-hydrogen) atoms. The summed E-state index contributed by atoms with van der Waals surface area (Å²) in [6, 6.07) is 4.07. The molecule has 1 atom stereocenters. The zero-order valence-electron chi connectivity index (χ0n) is 11.5. The summed E-state index contributed by atoms with van der Waals surface area (Å²) in [4.78, 5) is 24.2. The van der Waals surface area contributed by atoms with Gasteiger partial charge in [-0.2, -0.15) is 0 Å². The van der Waals surface area contributed by atoms with Gasteiger partial charge in [0.15, 0.2) is 0 Å². The number of carbonyl (C=O) groups is 1. The number of piperidine rings is 1. The standard InChI is InChI=1S/C13H17N3O4/c1-14-10-4-3-7-15(13(10)17)11-6-5-9(16(18)19)8-12(11)20-2/h5-6,8,10,14H,3-4,7H2,1-2H3. The summed E-state index contributed by atoms with van der Waals surface area (Å²) in [5, 5.41) is 13.8. The Morgan fingerprint density at radius 1 is 1.50 bits per heavy atom. The molecule has 7 nitrogen and oxygen atoms in total. The van der Waals surface area contributed by atoms with Gasteiger partial charge in [-0.1, -0.05) is 0 Å². The number of methoxy groups -OCH3 is 1. The van der Waals surface area contributed by atoms with Gasteiger partial charge in [-0.3, -0.25) is 14.9 Å². The van der Waals surface area contributed by atoms with Crippen LogP contribution < -0.4 is 15.0 Å². The number of hydrogen-bond donors (Lipinski definition) is 1. The van der Waals surface area contributed by atoms with Gasteiger partial charge in [0.25, 0.3) is 5.69 Å². The molecule has 0 radical (unpaired) electrons. The van der Waals surface area contributed by atoms with E-state index in [4.69, 9.17) is 4.74 Å². The molecule has 1 amide bonds. The Bertz CT molecular complexity index is 532. The smallest absolute Gasteiger partial charge is 0.273 e.